The van der Waals surface area contributed by atoms with E-state index in [4.69, 9.17) is 11.6 Å². The van der Waals surface area contributed by atoms with Crippen molar-refractivity contribution in [3.63, 3.8) is 0 Å². The van der Waals surface area contributed by atoms with Crippen LogP contribution in [-0.4, -0.2) is 43.8 Å². The first kappa shape index (κ1) is 32.7. The number of nitrogens with zero attached hydrogens (tertiary/aromatic N) is 2. The summed E-state index contributed by atoms with van der Waals surface area (Å²) in [5, 5.41) is 3.73. The van der Waals surface area contributed by atoms with Crippen molar-refractivity contribution in [3.05, 3.63) is 130 Å². The fourth-order valence-electron chi connectivity index (χ4n) is 5.56. The number of hydrogen-bond acceptors (Lipinski definition) is 4. The topological polar surface area (TPSA) is 86.8 Å². The second-order valence-corrected chi connectivity index (χ2v) is 14.4. The summed E-state index contributed by atoms with van der Waals surface area (Å²) >= 11 is 9.57. The molecule has 0 heterocycles. The Kier molecular flexibility index (Phi) is 11.0. The Morgan fingerprint density at radius 3 is 2.04 bits per heavy atom. The van der Waals surface area contributed by atoms with Crippen LogP contribution in [0.1, 0.15) is 36.8 Å². The number of carbonyl (C=O) groups is 2. The maximum atomic E-state index is 14.5. The van der Waals surface area contributed by atoms with Gasteiger partial charge in [0.1, 0.15) is 12.6 Å². The summed E-state index contributed by atoms with van der Waals surface area (Å²) in [6.07, 6.45) is 4.13. The number of sulfonamides is 1. The number of amides is 2. The van der Waals surface area contributed by atoms with E-state index < -0.39 is 28.5 Å². The van der Waals surface area contributed by atoms with Crippen LogP contribution in [0.2, 0.25) is 5.02 Å². The molecule has 234 valence electrons. The molecular weight excluding hydrogens is 674 g/mol. The lowest BCUT2D eigenvalue weighted by Crippen LogP contribution is -2.54. The third-order valence-electron chi connectivity index (χ3n) is 7.96. The highest BCUT2D eigenvalue weighted by molar-refractivity contribution is 9.10. The number of rotatable bonds is 12. The molecule has 0 bridgehead atoms. The number of carbonyl (C=O) groups excluding carboxylic acids is 2. The van der Waals surface area contributed by atoms with Crippen LogP contribution in [-0.2, 0) is 32.6 Å². The van der Waals surface area contributed by atoms with Gasteiger partial charge >= 0.3 is 0 Å². The molecule has 0 aromatic heterocycles. The minimum absolute atomic E-state index is 0.0426. The zero-order valence-corrected chi connectivity index (χ0v) is 27.8. The van der Waals surface area contributed by atoms with Gasteiger partial charge < -0.3 is 10.2 Å². The SMILES string of the molecule is O=C(NC1CCCC1)[C@@H](Cc1ccccc1)N(Cc1ccc(Cl)cc1)C(=O)CN(c1ccc(Br)cc1)S(=O)(=O)c1ccccc1. The molecule has 45 heavy (non-hydrogen) atoms. The Morgan fingerprint density at radius 2 is 1.42 bits per heavy atom. The first-order valence-corrected chi connectivity index (χ1v) is 17.5. The maximum Gasteiger partial charge on any atom is 0.264 e. The van der Waals surface area contributed by atoms with Crippen molar-refractivity contribution in [1.29, 1.82) is 0 Å². The van der Waals surface area contributed by atoms with E-state index in [1.807, 2.05) is 42.5 Å². The smallest absolute Gasteiger partial charge is 0.264 e. The van der Waals surface area contributed by atoms with Crippen LogP contribution in [0.3, 0.4) is 0 Å². The van der Waals surface area contributed by atoms with Gasteiger partial charge in [-0.15, -0.1) is 0 Å². The molecule has 7 nitrogen and oxygen atoms in total. The van der Waals surface area contributed by atoms with E-state index in [0.717, 1.165) is 45.6 Å². The van der Waals surface area contributed by atoms with Gasteiger partial charge in [0.2, 0.25) is 11.8 Å². The van der Waals surface area contributed by atoms with Crippen LogP contribution >= 0.6 is 27.5 Å². The molecule has 1 aliphatic carbocycles. The number of anilines is 1. The van der Waals surface area contributed by atoms with E-state index in [2.05, 4.69) is 21.2 Å². The molecule has 4 aromatic carbocycles. The summed E-state index contributed by atoms with van der Waals surface area (Å²) in [6.45, 7) is -0.417. The van der Waals surface area contributed by atoms with Gasteiger partial charge in [0, 0.05) is 28.5 Å². The van der Waals surface area contributed by atoms with Gasteiger partial charge in [-0.2, -0.15) is 0 Å². The third-order valence-corrected chi connectivity index (χ3v) is 10.5. The maximum absolute atomic E-state index is 14.5. The highest BCUT2D eigenvalue weighted by Gasteiger charge is 2.35. The average molecular weight is 709 g/mol. The van der Waals surface area contributed by atoms with E-state index in [-0.39, 0.29) is 29.8 Å². The Balaban J connectivity index is 1.55. The lowest BCUT2D eigenvalue weighted by Gasteiger charge is -2.34. The molecule has 1 N–H and O–H groups in total. The molecular formula is C35H35BrClN3O4S. The molecule has 4 aromatic rings. The Hall–Kier alpha value is -3.66. The molecule has 10 heteroatoms. The molecule has 0 aliphatic heterocycles. The predicted octanol–water partition coefficient (Wildman–Crippen LogP) is 7.00. The van der Waals surface area contributed by atoms with Crippen molar-refractivity contribution in [3.8, 4) is 0 Å². The minimum atomic E-state index is -4.14. The van der Waals surface area contributed by atoms with Crippen LogP contribution in [0, 0.1) is 0 Å². The first-order chi connectivity index (χ1) is 21.7. The van der Waals surface area contributed by atoms with E-state index in [9.17, 15) is 18.0 Å². The van der Waals surface area contributed by atoms with Gasteiger partial charge in [-0.3, -0.25) is 13.9 Å². The highest BCUT2D eigenvalue weighted by atomic mass is 79.9. The Bertz CT molecular complexity index is 1680. The van der Waals surface area contributed by atoms with E-state index in [1.54, 1.807) is 54.6 Å². The number of hydrogen-bond donors (Lipinski definition) is 1. The van der Waals surface area contributed by atoms with Crippen LogP contribution in [0.4, 0.5) is 5.69 Å². The summed E-state index contributed by atoms with van der Waals surface area (Å²) < 4.78 is 30.0. The van der Waals surface area contributed by atoms with Gasteiger partial charge in [-0.25, -0.2) is 8.42 Å². The summed E-state index contributed by atoms with van der Waals surface area (Å²) in [5.41, 5.74) is 1.98. The molecule has 1 saturated carbocycles. The molecule has 1 aliphatic rings. The van der Waals surface area contributed by atoms with Crippen LogP contribution in [0.25, 0.3) is 0 Å². The van der Waals surface area contributed by atoms with Gasteiger partial charge in [0.05, 0.1) is 10.6 Å². The van der Waals surface area contributed by atoms with Crippen LogP contribution in [0.5, 0.6) is 0 Å². The first-order valence-electron chi connectivity index (χ1n) is 14.9. The van der Waals surface area contributed by atoms with E-state index in [1.165, 1.54) is 17.0 Å². The molecule has 5 rings (SSSR count). The molecule has 0 unspecified atom stereocenters. The molecule has 1 fully saturated rings. The zero-order chi connectivity index (χ0) is 31.8. The normalized spacial score (nSPS) is 14.1. The van der Waals surface area contributed by atoms with Crippen molar-refractivity contribution in [2.75, 3.05) is 10.8 Å². The zero-order valence-electron chi connectivity index (χ0n) is 24.7. The number of nitrogens with one attached hydrogen (secondary N) is 1. The summed E-state index contributed by atoms with van der Waals surface area (Å²) in [4.78, 5) is 30.1. The standard InChI is InChI=1S/C35H35BrClN3O4S/c36-28-17-21-31(22-18-28)40(45(43,44)32-13-5-2-6-14-32)25-34(41)39(24-27-15-19-29(37)20-16-27)33(23-26-9-3-1-4-10-26)35(42)38-30-11-7-8-12-30/h1-6,9-10,13-22,30,33H,7-8,11-12,23-25H2,(H,38,42)/t33-/m1/s1. The van der Waals surface area contributed by atoms with Crippen molar-refractivity contribution < 1.29 is 18.0 Å². The second-order valence-electron chi connectivity index (χ2n) is 11.1. The van der Waals surface area contributed by atoms with Crippen molar-refractivity contribution in [2.45, 2.75) is 55.6 Å². The number of benzene rings is 4. The third kappa shape index (κ3) is 8.54. The van der Waals surface area contributed by atoms with Crippen LogP contribution in [0.15, 0.2) is 119 Å². The van der Waals surface area contributed by atoms with E-state index >= 15 is 0 Å². The molecule has 2 amide bonds. The monoisotopic (exact) mass is 707 g/mol. The lowest BCUT2D eigenvalue weighted by molar-refractivity contribution is -0.140. The molecule has 1 atom stereocenters. The largest absolute Gasteiger partial charge is 0.352 e. The van der Waals surface area contributed by atoms with Gasteiger partial charge in [0.25, 0.3) is 10.0 Å². The Morgan fingerprint density at radius 1 is 0.822 bits per heavy atom. The van der Waals surface area contributed by atoms with Crippen molar-refractivity contribution >= 4 is 55.1 Å². The second kappa shape index (κ2) is 15.1. The molecule has 0 spiro atoms. The van der Waals surface area contributed by atoms with Gasteiger partial charge in [-0.1, -0.05) is 101 Å². The average Bonchev–Trinajstić information content (AvgIpc) is 3.57. The number of halogens is 2. The predicted molar refractivity (Wildman–Crippen MR) is 181 cm³/mol. The van der Waals surface area contributed by atoms with Gasteiger partial charge in [-0.05, 0) is 72.5 Å². The lowest BCUT2D eigenvalue weighted by atomic mass is 10.0. The quantitative estimate of drug-likeness (QED) is 0.172. The van der Waals surface area contributed by atoms with Crippen molar-refractivity contribution in [1.82, 2.24) is 10.2 Å². The van der Waals surface area contributed by atoms with Crippen LogP contribution < -0.4 is 9.62 Å². The van der Waals surface area contributed by atoms with E-state index in [0.29, 0.717) is 10.7 Å². The fourth-order valence-corrected chi connectivity index (χ4v) is 7.39. The van der Waals surface area contributed by atoms with Crippen molar-refractivity contribution in [2.24, 2.45) is 0 Å². The summed E-state index contributed by atoms with van der Waals surface area (Å²) in [6, 6.07) is 30.6. The fraction of sp³-hybridized carbons (Fsp3) is 0.257. The molecule has 0 saturated heterocycles. The molecule has 0 radical (unpaired) electrons. The summed E-state index contributed by atoms with van der Waals surface area (Å²) in [7, 11) is -4.14. The van der Waals surface area contributed by atoms with Gasteiger partial charge in [0.15, 0.2) is 0 Å². The minimum Gasteiger partial charge on any atom is -0.352 e. The Labute approximate surface area is 278 Å². The summed E-state index contributed by atoms with van der Waals surface area (Å²) in [5.74, 6) is -0.760. The highest BCUT2D eigenvalue weighted by Crippen LogP contribution is 2.27.